The lowest BCUT2D eigenvalue weighted by Crippen LogP contribution is -2.75. The van der Waals surface area contributed by atoms with E-state index in [-0.39, 0.29) is 22.6 Å². The standard InChI is InChI=1S/C48H39N3OSi/c1-3-48(4-2)38-25-11-16-31-44(38)52-46-39(48)26-18-32-45(46)53(35-20-7-5-8-21-35,36-22-9-6-10-23-36)37-24-17-19-34(33-37)50-42-29-14-15-30-43(42)51-41-28-13-12-27-40(41)49-47(50)51/h5-33H,3-4H2,1-2H3/i1D3,2D3,3D2,4D2. The molecule has 0 saturated heterocycles. The molecule has 256 valence electrons. The van der Waals surface area contributed by atoms with E-state index in [4.69, 9.17) is 17.9 Å². The molecular formula is C48H39N3OSi. The molecule has 10 rings (SSSR count). The van der Waals surface area contributed by atoms with Crippen molar-refractivity contribution in [3.63, 3.8) is 0 Å². The van der Waals surface area contributed by atoms with Crippen molar-refractivity contribution in [3.8, 4) is 17.2 Å². The second-order valence-electron chi connectivity index (χ2n) is 13.4. The number of fused-ring (bicyclic) bond motifs is 7. The predicted octanol–water partition coefficient (Wildman–Crippen LogP) is 9.02. The third-order valence-electron chi connectivity index (χ3n) is 10.8. The first-order valence-corrected chi connectivity index (χ1v) is 19.6. The molecule has 53 heavy (non-hydrogen) atoms. The first-order valence-electron chi connectivity index (χ1n) is 22.6. The molecular weight excluding hydrogens is 663 g/mol. The maximum absolute atomic E-state index is 9.58. The Bertz CT molecular complexity index is 3150. The van der Waals surface area contributed by atoms with Gasteiger partial charge in [-0.2, -0.15) is 0 Å². The molecule has 4 nitrogen and oxygen atoms in total. The van der Waals surface area contributed by atoms with Crippen LogP contribution in [0.3, 0.4) is 0 Å². The molecule has 3 heterocycles. The zero-order chi connectivity index (χ0) is 44.2. The van der Waals surface area contributed by atoms with Crippen LogP contribution in [0.1, 0.15) is 51.3 Å². The molecule has 0 radical (unpaired) electrons. The number of benzene rings is 7. The number of para-hydroxylation sites is 6. The van der Waals surface area contributed by atoms with Crippen LogP contribution in [-0.4, -0.2) is 22.0 Å². The van der Waals surface area contributed by atoms with E-state index in [2.05, 4.69) is 27.2 Å². The fraction of sp³-hybridized carbons (Fsp3) is 0.104. The van der Waals surface area contributed by atoms with Crippen LogP contribution in [0.4, 0.5) is 0 Å². The smallest absolute Gasteiger partial charge is 0.220 e. The first-order chi connectivity index (χ1) is 30.1. The summed E-state index contributed by atoms with van der Waals surface area (Å²) in [6.07, 6.45) is -6.99. The van der Waals surface area contributed by atoms with Gasteiger partial charge in [-0.25, -0.2) is 4.98 Å². The minimum absolute atomic E-state index is 0.00976. The minimum Gasteiger partial charge on any atom is -0.457 e. The Morgan fingerprint density at radius 2 is 1.21 bits per heavy atom. The highest BCUT2D eigenvalue weighted by molar-refractivity contribution is 7.20. The highest BCUT2D eigenvalue weighted by Gasteiger charge is 2.48. The van der Waals surface area contributed by atoms with Crippen molar-refractivity contribution in [1.29, 1.82) is 0 Å². The van der Waals surface area contributed by atoms with Crippen LogP contribution >= 0.6 is 0 Å². The maximum Gasteiger partial charge on any atom is 0.220 e. The van der Waals surface area contributed by atoms with Gasteiger partial charge < -0.3 is 4.74 Å². The molecule has 0 spiro atoms. The van der Waals surface area contributed by atoms with Crippen molar-refractivity contribution in [1.82, 2.24) is 14.0 Å². The number of ether oxygens (including phenoxy) is 1. The van der Waals surface area contributed by atoms with Gasteiger partial charge in [0.05, 0.1) is 22.1 Å². The summed E-state index contributed by atoms with van der Waals surface area (Å²) in [7, 11) is -3.78. The van der Waals surface area contributed by atoms with Gasteiger partial charge in [-0.3, -0.25) is 8.97 Å². The molecule has 5 heteroatoms. The van der Waals surface area contributed by atoms with Crippen molar-refractivity contribution in [2.45, 2.75) is 31.9 Å². The van der Waals surface area contributed by atoms with Crippen molar-refractivity contribution in [3.05, 3.63) is 187 Å². The van der Waals surface area contributed by atoms with Crippen LogP contribution in [0.15, 0.2) is 176 Å². The topological polar surface area (TPSA) is 31.5 Å². The zero-order valence-corrected chi connectivity index (χ0v) is 29.5. The van der Waals surface area contributed by atoms with Crippen molar-refractivity contribution in [2.75, 3.05) is 0 Å². The lowest BCUT2D eigenvalue weighted by atomic mass is 9.69. The Labute approximate surface area is 324 Å². The second kappa shape index (κ2) is 12.2. The predicted molar refractivity (Wildman–Crippen MR) is 221 cm³/mol. The van der Waals surface area contributed by atoms with Crippen molar-refractivity contribution >= 4 is 56.7 Å². The van der Waals surface area contributed by atoms with Gasteiger partial charge in [-0.15, -0.1) is 0 Å². The Kier molecular flexibility index (Phi) is 5.23. The molecule has 0 atom stereocenters. The van der Waals surface area contributed by atoms with Gasteiger partial charge in [0.1, 0.15) is 11.5 Å². The maximum atomic E-state index is 9.58. The normalized spacial score (nSPS) is 17.4. The average Bonchev–Trinajstić information content (AvgIpc) is 3.80. The number of imidazole rings is 2. The molecule has 0 fully saturated rings. The summed E-state index contributed by atoms with van der Waals surface area (Å²) in [6.45, 7) is -7.01. The van der Waals surface area contributed by atoms with E-state index in [1.165, 1.54) is 24.3 Å². The molecule has 0 amide bonds. The van der Waals surface area contributed by atoms with Gasteiger partial charge in [-0.05, 0) is 76.0 Å². The monoisotopic (exact) mass is 711 g/mol. The Morgan fingerprint density at radius 3 is 1.96 bits per heavy atom. The van der Waals surface area contributed by atoms with Crippen LogP contribution in [0.25, 0.3) is 33.5 Å². The summed E-state index contributed by atoms with van der Waals surface area (Å²) >= 11 is 0. The molecule has 2 aromatic heterocycles. The molecule has 0 N–H and O–H groups in total. The molecule has 7 aromatic carbocycles. The van der Waals surface area contributed by atoms with Crippen LogP contribution in [0.2, 0.25) is 0 Å². The summed E-state index contributed by atoms with van der Waals surface area (Å²) < 4.78 is 101. The highest BCUT2D eigenvalue weighted by atomic mass is 28.3. The highest BCUT2D eigenvalue weighted by Crippen LogP contribution is 2.51. The van der Waals surface area contributed by atoms with Crippen LogP contribution in [-0.2, 0) is 5.41 Å². The summed E-state index contributed by atoms with van der Waals surface area (Å²) in [5.74, 6) is 0.682. The number of nitrogens with zero attached hydrogens (tertiary/aromatic N) is 3. The molecule has 0 saturated carbocycles. The molecule has 0 aliphatic carbocycles. The first kappa shape index (κ1) is 22.7. The average molecular weight is 712 g/mol. The van der Waals surface area contributed by atoms with E-state index in [0.29, 0.717) is 11.0 Å². The van der Waals surface area contributed by atoms with Gasteiger partial charge >= 0.3 is 0 Å². The summed E-state index contributed by atoms with van der Waals surface area (Å²) in [5, 5.41) is 3.19. The van der Waals surface area contributed by atoms with E-state index in [1.54, 1.807) is 12.1 Å². The van der Waals surface area contributed by atoms with E-state index < -0.39 is 39.9 Å². The quantitative estimate of drug-likeness (QED) is 0.122. The largest absolute Gasteiger partial charge is 0.457 e. The number of hydrogen-bond acceptors (Lipinski definition) is 2. The zero-order valence-electron chi connectivity index (χ0n) is 38.5. The Hall–Kier alpha value is -6.17. The Balaban J connectivity index is 1.36. The SMILES string of the molecule is [2H]C([2H])([2H])C([2H])([2H])C1(C([2H])([2H])C([2H])([2H])[2H])c2ccccc2Oc2c1cccc2[Si](c1ccccc1)(c1ccccc1)c1cccc(-n2c3ccccc3n3c4ccccc4nc23)c1. The van der Waals surface area contributed by atoms with Crippen molar-refractivity contribution < 1.29 is 18.4 Å². The summed E-state index contributed by atoms with van der Waals surface area (Å²) in [5.41, 5.74) is 1.14. The molecule has 1 aliphatic heterocycles. The Morgan fingerprint density at radius 1 is 0.604 bits per heavy atom. The van der Waals surface area contributed by atoms with Gasteiger partial charge in [0.2, 0.25) is 5.78 Å². The van der Waals surface area contributed by atoms with Gasteiger partial charge in [0, 0.05) is 35.9 Å². The minimum atomic E-state index is -3.78. The third-order valence-corrected chi connectivity index (χ3v) is 15.5. The lowest BCUT2D eigenvalue weighted by molar-refractivity contribution is 0.377. The van der Waals surface area contributed by atoms with Gasteiger partial charge in [0.25, 0.3) is 0 Å². The number of hydrogen-bond donors (Lipinski definition) is 0. The number of aromatic nitrogens is 3. The van der Waals surface area contributed by atoms with E-state index >= 15 is 0 Å². The number of rotatable bonds is 7. The molecule has 9 aromatic rings. The fourth-order valence-corrected chi connectivity index (χ4v) is 13.4. The van der Waals surface area contributed by atoms with Gasteiger partial charge in [-0.1, -0.05) is 147 Å². The molecule has 0 bridgehead atoms. The summed E-state index contributed by atoms with van der Waals surface area (Å²) in [6, 6.07) is 55.0. The van der Waals surface area contributed by atoms with Gasteiger partial charge in [0.15, 0.2) is 8.07 Å². The summed E-state index contributed by atoms with van der Waals surface area (Å²) in [4.78, 5) is 5.13. The fourth-order valence-electron chi connectivity index (χ4n) is 8.49. The molecule has 1 aliphatic rings. The van der Waals surface area contributed by atoms with E-state index in [1.807, 2.05) is 121 Å². The molecule has 0 unspecified atom stereocenters. The lowest BCUT2D eigenvalue weighted by Gasteiger charge is -2.43. The van der Waals surface area contributed by atoms with Crippen LogP contribution in [0, 0.1) is 0 Å². The van der Waals surface area contributed by atoms with E-state index in [9.17, 15) is 5.48 Å². The second-order valence-corrected chi connectivity index (χ2v) is 17.1. The third kappa shape index (κ3) is 4.44. The van der Waals surface area contributed by atoms with E-state index in [0.717, 1.165) is 43.3 Å². The van der Waals surface area contributed by atoms with Crippen LogP contribution in [0.5, 0.6) is 11.5 Å². The van der Waals surface area contributed by atoms with Crippen molar-refractivity contribution in [2.24, 2.45) is 0 Å². The van der Waals surface area contributed by atoms with Crippen LogP contribution < -0.4 is 25.5 Å².